The largest absolute Gasteiger partial charge is 0.472 e. The second-order valence-corrected chi connectivity index (χ2v) is 28.1. The first-order valence-corrected chi connectivity index (χ1v) is 36.7. The summed E-state index contributed by atoms with van der Waals surface area (Å²) < 4.78 is 68.0. The van der Waals surface area contributed by atoms with E-state index in [0.29, 0.717) is 31.6 Å². The van der Waals surface area contributed by atoms with Gasteiger partial charge >= 0.3 is 39.5 Å². The smallest absolute Gasteiger partial charge is 0.462 e. The van der Waals surface area contributed by atoms with Gasteiger partial charge in [-0.25, -0.2) is 9.13 Å². The number of carbonyl (C=O) groups is 4. The summed E-state index contributed by atoms with van der Waals surface area (Å²) in [6.45, 7) is 14.0. The van der Waals surface area contributed by atoms with E-state index in [4.69, 9.17) is 37.0 Å². The van der Waals surface area contributed by atoms with Crippen LogP contribution in [0.2, 0.25) is 0 Å². The second kappa shape index (κ2) is 55.2. The van der Waals surface area contributed by atoms with Crippen molar-refractivity contribution < 1.29 is 80.2 Å². The Bertz CT molecular complexity index is 1680. The molecular weight excluding hydrogens is 1110 g/mol. The Labute approximate surface area is 511 Å². The van der Waals surface area contributed by atoms with E-state index in [0.717, 1.165) is 114 Å². The van der Waals surface area contributed by atoms with Crippen molar-refractivity contribution in [1.82, 2.24) is 0 Å². The number of phosphoric acid groups is 2. The van der Waals surface area contributed by atoms with Crippen molar-refractivity contribution in [2.75, 3.05) is 39.6 Å². The van der Waals surface area contributed by atoms with E-state index >= 15 is 0 Å². The highest BCUT2D eigenvalue weighted by molar-refractivity contribution is 7.47. The summed E-state index contributed by atoms with van der Waals surface area (Å²) in [5, 5.41) is 10.5. The van der Waals surface area contributed by atoms with Gasteiger partial charge in [-0.3, -0.25) is 37.3 Å². The molecule has 498 valence electrons. The number of aliphatic hydroxyl groups excluding tert-OH is 1. The van der Waals surface area contributed by atoms with E-state index in [9.17, 15) is 43.2 Å². The standard InChI is InChI=1S/C65H126O17P2/c1-9-58(8)44-36-28-19-14-16-22-32-40-48-65(70)82-61(52-76-63(68)46-38-30-24-23-27-35-43-57(6)7)54-80-84(73,74)78-50-59(66)49-77-83(71,72)79-53-60(81-64(69)47-39-31-21-15-13-18-26-34-42-56(4)5)51-75-62(67)45-37-29-20-12-10-11-17-25-33-41-55(2)3/h55-61,66H,9-54H2,1-8H3,(H,71,72)(H,73,74)/t58?,59-,60-,61-/m1/s1. The van der Waals surface area contributed by atoms with Gasteiger partial charge < -0.3 is 33.8 Å². The Hall–Kier alpha value is -1.94. The molecule has 0 saturated carbocycles. The predicted octanol–water partition coefficient (Wildman–Crippen LogP) is 17.8. The normalized spacial score (nSPS) is 14.7. The molecule has 0 aliphatic rings. The molecule has 0 spiro atoms. The Balaban J connectivity index is 5.26. The summed E-state index contributed by atoms with van der Waals surface area (Å²) >= 11 is 0. The van der Waals surface area contributed by atoms with Crippen LogP contribution >= 0.6 is 15.6 Å². The molecule has 3 unspecified atom stereocenters. The van der Waals surface area contributed by atoms with E-state index in [-0.39, 0.29) is 25.7 Å². The highest BCUT2D eigenvalue weighted by Gasteiger charge is 2.30. The zero-order valence-electron chi connectivity index (χ0n) is 54.5. The molecule has 19 heteroatoms. The quantitative estimate of drug-likeness (QED) is 0.0222. The minimum atomic E-state index is -4.95. The molecule has 17 nitrogen and oxygen atoms in total. The average molecular weight is 1240 g/mol. The fourth-order valence-electron chi connectivity index (χ4n) is 9.57. The average Bonchev–Trinajstić information content (AvgIpc) is 3.50. The van der Waals surface area contributed by atoms with Gasteiger partial charge in [-0.1, -0.05) is 261 Å². The lowest BCUT2D eigenvalue weighted by Gasteiger charge is -2.21. The van der Waals surface area contributed by atoms with Crippen molar-refractivity contribution in [3.05, 3.63) is 0 Å². The van der Waals surface area contributed by atoms with Gasteiger partial charge in [-0.05, 0) is 49.4 Å². The van der Waals surface area contributed by atoms with Crippen LogP contribution in [-0.4, -0.2) is 96.7 Å². The molecule has 0 saturated heterocycles. The van der Waals surface area contributed by atoms with Crippen LogP contribution in [0.5, 0.6) is 0 Å². The number of unbranched alkanes of at least 4 members (excludes halogenated alkanes) is 27. The van der Waals surface area contributed by atoms with Crippen LogP contribution in [0, 0.1) is 23.7 Å². The molecular formula is C65H126O17P2. The molecule has 0 aromatic rings. The lowest BCUT2D eigenvalue weighted by atomic mass is 9.99. The van der Waals surface area contributed by atoms with Crippen molar-refractivity contribution in [2.45, 2.75) is 331 Å². The van der Waals surface area contributed by atoms with Crippen molar-refractivity contribution in [3.8, 4) is 0 Å². The summed E-state index contributed by atoms with van der Waals surface area (Å²) in [6, 6.07) is 0. The summed E-state index contributed by atoms with van der Waals surface area (Å²) in [7, 11) is -9.89. The number of rotatable bonds is 62. The molecule has 0 aliphatic carbocycles. The topological polar surface area (TPSA) is 237 Å². The number of aliphatic hydroxyl groups is 1. The van der Waals surface area contributed by atoms with Crippen LogP contribution < -0.4 is 0 Å². The maximum Gasteiger partial charge on any atom is 0.472 e. The molecule has 0 bridgehead atoms. The molecule has 3 N–H and O–H groups in total. The van der Waals surface area contributed by atoms with E-state index < -0.39 is 97.5 Å². The molecule has 6 atom stereocenters. The molecule has 0 fully saturated rings. The van der Waals surface area contributed by atoms with E-state index in [2.05, 4.69) is 55.4 Å². The molecule has 0 aliphatic heterocycles. The van der Waals surface area contributed by atoms with Gasteiger partial charge in [0.15, 0.2) is 12.2 Å². The number of hydrogen-bond donors (Lipinski definition) is 3. The number of esters is 4. The molecule has 0 aromatic heterocycles. The highest BCUT2D eigenvalue weighted by atomic mass is 31.2. The number of phosphoric ester groups is 2. The lowest BCUT2D eigenvalue weighted by Crippen LogP contribution is -2.30. The number of carbonyl (C=O) groups excluding carboxylic acids is 4. The fourth-order valence-corrected chi connectivity index (χ4v) is 11.2. The Morgan fingerprint density at radius 1 is 0.333 bits per heavy atom. The van der Waals surface area contributed by atoms with Gasteiger partial charge in [-0.15, -0.1) is 0 Å². The first-order chi connectivity index (χ1) is 40.1. The lowest BCUT2D eigenvalue weighted by molar-refractivity contribution is -0.161. The third-order valence-corrected chi connectivity index (χ3v) is 17.1. The second-order valence-electron chi connectivity index (χ2n) is 25.2. The van der Waals surface area contributed by atoms with E-state index in [1.165, 1.54) is 109 Å². The van der Waals surface area contributed by atoms with Crippen molar-refractivity contribution >= 4 is 39.5 Å². The molecule has 84 heavy (non-hydrogen) atoms. The van der Waals surface area contributed by atoms with Crippen molar-refractivity contribution in [2.24, 2.45) is 23.7 Å². The van der Waals surface area contributed by atoms with Crippen LogP contribution in [0.3, 0.4) is 0 Å². The van der Waals surface area contributed by atoms with Crippen molar-refractivity contribution in [1.29, 1.82) is 0 Å². The van der Waals surface area contributed by atoms with Gasteiger partial charge in [0.1, 0.15) is 19.3 Å². The Kier molecular flexibility index (Phi) is 53.9. The van der Waals surface area contributed by atoms with E-state index in [1.54, 1.807) is 0 Å². The number of hydrogen-bond acceptors (Lipinski definition) is 15. The highest BCUT2D eigenvalue weighted by Crippen LogP contribution is 2.45. The summed E-state index contributed by atoms with van der Waals surface area (Å²) in [5.74, 6) is 0.770. The minimum Gasteiger partial charge on any atom is -0.462 e. The zero-order chi connectivity index (χ0) is 62.5. The summed E-state index contributed by atoms with van der Waals surface area (Å²) in [4.78, 5) is 72.2. The van der Waals surface area contributed by atoms with Gasteiger partial charge in [0.2, 0.25) is 0 Å². The van der Waals surface area contributed by atoms with Crippen LogP contribution in [0.25, 0.3) is 0 Å². The SMILES string of the molecule is CCC(C)CCCCCCCCCCC(=O)O[C@H](COC(=O)CCCCCCCCC(C)C)COP(=O)(O)OC[C@H](O)COP(=O)(O)OC[C@@H](COC(=O)CCCCCCCCCCCC(C)C)OC(=O)CCCCCCCCCCC(C)C. The summed E-state index contributed by atoms with van der Waals surface area (Å²) in [5.41, 5.74) is 0. The van der Waals surface area contributed by atoms with Gasteiger partial charge in [0.25, 0.3) is 0 Å². The van der Waals surface area contributed by atoms with Crippen LogP contribution in [0.1, 0.15) is 312 Å². The third kappa shape index (κ3) is 57.8. The number of ether oxygens (including phenoxy) is 4. The maximum atomic E-state index is 13.0. The molecule has 0 aromatic carbocycles. The van der Waals surface area contributed by atoms with Crippen molar-refractivity contribution in [3.63, 3.8) is 0 Å². The van der Waals surface area contributed by atoms with Crippen LogP contribution in [-0.2, 0) is 65.4 Å². The van der Waals surface area contributed by atoms with Gasteiger partial charge in [-0.2, -0.15) is 0 Å². The Morgan fingerprint density at radius 3 is 0.845 bits per heavy atom. The Morgan fingerprint density at radius 2 is 0.571 bits per heavy atom. The first kappa shape index (κ1) is 82.1. The first-order valence-electron chi connectivity index (χ1n) is 33.7. The molecule has 0 heterocycles. The molecule has 0 radical (unpaired) electrons. The minimum absolute atomic E-state index is 0.103. The van der Waals surface area contributed by atoms with Crippen LogP contribution in [0.15, 0.2) is 0 Å². The fraction of sp³-hybridized carbons (Fsp3) is 0.938. The molecule has 0 amide bonds. The van der Waals surface area contributed by atoms with Gasteiger partial charge in [0, 0.05) is 25.7 Å². The predicted molar refractivity (Wildman–Crippen MR) is 335 cm³/mol. The monoisotopic (exact) mass is 1240 g/mol. The zero-order valence-corrected chi connectivity index (χ0v) is 56.3. The van der Waals surface area contributed by atoms with Gasteiger partial charge in [0.05, 0.1) is 26.4 Å². The maximum absolute atomic E-state index is 13.0. The summed E-state index contributed by atoms with van der Waals surface area (Å²) in [6.07, 6.45) is 35.0. The molecule has 0 rings (SSSR count). The van der Waals surface area contributed by atoms with Crippen LogP contribution in [0.4, 0.5) is 0 Å². The third-order valence-electron chi connectivity index (χ3n) is 15.2. The van der Waals surface area contributed by atoms with E-state index in [1.807, 2.05) is 0 Å².